The first-order chi connectivity index (χ1) is 8.28. The summed E-state index contributed by atoms with van der Waals surface area (Å²) in [6.07, 6.45) is 1.71. The number of nitrogens with zero attached hydrogens (tertiary/aromatic N) is 1. The van der Waals surface area contributed by atoms with Gasteiger partial charge in [-0.25, -0.2) is 0 Å². The molecule has 0 fully saturated rings. The molecule has 2 aromatic rings. The van der Waals surface area contributed by atoms with E-state index in [-0.39, 0.29) is 0 Å². The monoisotopic (exact) mass is 230 g/mol. The van der Waals surface area contributed by atoms with Crippen LogP contribution >= 0.6 is 0 Å². The molecule has 0 spiro atoms. The van der Waals surface area contributed by atoms with E-state index in [4.69, 9.17) is 10.2 Å². The first-order valence-corrected chi connectivity index (χ1v) is 5.87. The van der Waals surface area contributed by atoms with Gasteiger partial charge in [0, 0.05) is 12.2 Å². The van der Waals surface area contributed by atoms with Crippen LogP contribution in [0.1, 0.15) is 18.2 Å². The molecule has 1 heterocycles. The second kappa shape index (κ2) is 5.55. The van der Waals surface area contributed by atoms with Gasteiger partial charge in [-0.3, -0.25) is 4.90 Å². The lowest BCUT2D eigenvalue weighted by atomic mass is 10.2. The molecule has 2 rings (SSSR count). The first-order valence-electron chi connectivity index (χ1n) is 5.87. The number of nitrogen functional groups attached to an aromatic ring is 1. The number of rotatable bonds is 5. The summed E-state index contributed by atoms with van der Waals surface area (Å²) in [5.41, 5.74) is 7.83. The van der Waals surface area contributed by atoms with Crippen molar-refractivity contribution in [2.24, 2.45) is 0 Å². The molecule has 17 heavy (non-hydrogen) atoms. The summed E-state index contributed by atoms with van der Waals surface area (Å²) >= 11 is 0. The lowest BCUT2D eigenvalue weighted by molar-refractivity contribution is 0.248. The second-order valence-corrected chi connectivity index (χ2v) is 4.13. The van der Waals surface area contributed by atoms with Crippen LogP contribution in [0.2, 0.25) is 0 Å². The lowest BCUT2D eigenvalue weighted by Gasteiger charge is -2.19. The Morgan fingerprint density at radius 1 is 1.18 bits per heavy atom. The zero-order valence-electron chi connectivity index (χ0n) is 10.1. The molecule has 0 atom stereocenters. The number of furan rings is 1. The molecule has 0 radical (unpaired) electrons. The summed E-state index contributed by atoms with van der Waals surface area (Å²) in [5, 5.41) is 0. The molecule has 90 valence electrons. The topological polar surface area (TPSA) is 42.4 Å². The van der Waals surface area contributed by atoms with E-state index in [0.29, 0.717) is 0 Å². The van der Waals surface area contributed by atoms with E-state index in [1.54, 1.807) is 6.26 Å². The van der Waals surface area contributed by atoms with E-state index in [0.717, 1.165) is 31.1 Å². The first kappa shape index (κ1) is 11.7. The molecule has 0 bridgehead atoms. The van der Waals surface area contributed by atoms with E-state index in [9.17, 15) is 0 Å². The summed E-state index contributed by atoms with van der Waals surface area (Å²) in [6.45, 7) is 4.85. The predicted octanol–water partition coefficient (Wildman–Crippen LogP) is 2.88. The van der Waals surface area contributed by atoms with Crippen molar-refractivity contribution >= 4 is 5.69 Å². The van der Waals surface area contributed by atoms with E-state index in [1.165, 1.54) is 5.56 Å². The largest absolute Gasteiger partial charge is 0.468 e. The van der Waals surface area contributed by atoms with Gasteiger partial charge in [-0.2, -0.15) is 0 Å². The quantitative estimate of drug-likeness (QED) is 0.803. The van der Waals surface area contributed by atoms with Crippen molar-refractivity contribution in [2.45, 2.75) is 20.0 Å². The van der Waals surface area contributed by atoms with Crippen molar-refractivity contribution in [2.75, 3.05) is 12.3 Å². The van der Waals surface area contributed by atoms with Gasteiger partial charge in [0.25, 0.3) is 0 Å². The number of anilines is 1. The third-order valence-corrected chi connectivity index (χ3v) is 2.76. The molecule has 1 aromatic heterocycles. The van der Waals surface area contributed by atoms with Crippen LogP contribution in [-0.2, 0) is 13.1 Å². The number of nitrogens with two attached hydrogens (primary N) is 1. The molecule has 0 amide bonds. The van der Waals surface area contributed by atoms with E-state index in [2.05, 4.69) is 17.9 Å². The summed E-state index contributed by atoms with van der Waals surface area (Å²) in [7, 11) is 0. The van der Waals surface area contributed by atoms with Crippen molar-refractivity contribution in [3.8, 4) is 0 Å². The Morgan fingerprint density at radius 3 is 2.71 bits per heavy atom. The smallest absolute Gasteiger partial charge is 0.117 e. The minimum Gasteiger partial charge on any atom is -0.468 e. The van der Waals surface area contributed by atoms with Crippen LogP contribution in [0.4, 0.5) is 5.69 Å². The summed E-state index contributed by atoms with van der Waals surface area (Å²) < 4.78 is 5.36. The van der Waals surface area contributed by atoms with Gasteiger partial charge < -0.3 is 10.2 Å². The molecule has 3 nitrogen and oxygen atoms in total. The van der Waals surface area contributed by atoms with Crippen molar-refractivity contribution in [1.29, 1.82) is 0 Å². The summed E-state index contributed by atoms with van der Waals surface area (Å²) in [5.74, 6) is 0.996. The fourth-order valence-corrected chi connectivity index (χ4v) is 1.85. The number of benzene rings is 1. The van der Waals surface area contributed by atoms with Gasteiger partial charge in [-0.15, -0.1) is 0 Å². The molecule has 0 unspecified atom stereocenters. The normalized spacial score (nSPS) is 10.9. The molecule has 0 aliphatic heterocycles. The van der Waals surface area contributed by atoms with Gasteiger partial charge in [0.2, 0.25) is 0 Å². The van der Waals surface area contributed by atoms with Crippen LogP contribution in [0.5, 0.6) is 0 Å². The third-order valence-electron chi connectivity index (χ3n) is 2.76. The minimum atomic E-state index is 0.816. The van der Waals surface area contributed by atoms with Crippen LogP contribution < -0.4 is 5.73 Å². The highest BCUT2D eigenvalue weighted by Gasteiger charge is 2.06. The molecule has 0 saturated carbocycles. The van der Waals surface area contributed by atoms with Gasteiger partial charge in [-0.05, 0) is 36.4 Å². The molecule has 0 saturated heterocycles. The average molecular weight is 230 g/mol. The highest BCUT2D eigenvalue weighted by molar-refractivity contribution is 5.40. The molecule has 0 aliphatic carbocycles. The van der Waals surface area contributed by atoms with Gasteiger partial charge in [0.1, 0.15) is 5.76 Å². The van der Waals surface area contributed by atoms with Crippen LogP contribution in [0.25, 0.3) is 0 Å². The molecular formula is C14H18N2O. The van der Waals surface area contributed by atoms with E-state index in [1.807, 2.05) is 30.3 Å². The van der Waals surface area contributed by atoms with Crippen molar-refractivity contribution in [3.05, 3.63) is 54.0 Å². The Balaban J connectivity index is 2.00. The fraction of sp³-hybridized carbons (Fsp3) is 0.286. The van der Waals surface area contributed by atoms with Crippen molar-refractivity contribution < 1.29 is 4.42 Å². The van der Waals surface area contributed by atoms with Crippen LogP contribution in [0, 0.1) is 0 Å². The van der Waals surface area contributed by atoms with Crippen LogP contribution in [-0.4, -0.2) is 11.4 Å². The van der Waals surface area contributed by atoms with Crippen LogP contribution in [0.15, 0.2) is 47.1 Å². The Labute approximate surface area is 102 Å². The molecule has 0 aliphatic rings. The minimum absolute atomic E-state index is 0.816. The van der Waals surface area contributed by atoms with Gasteiger partial charge in [0.05, 0.1) is 12.8 Å². The fourth-order valence-electron chi connectivity index (χ4n) is 1.85. The maximum absolute atomic E-state index is 5.77. The van der Waals surface area contributed by atoms with Crippen molar-refractivity contribution in [1.82, 2.24) is 4.90 Å². The van der Waals surface area contributed by atoms with Crippen LogP contribution in [0.3, 0.4) is 0 Å². The zero-order valence-corrected chi connectivity index (χ0v) is 10.1. The van der Waals surface area contributed by atoms with Gasteiger partial charge in [-0.1, -0.05) is 19.1 Å². The SMILES string of the molecule is CCN(Cc1cccc(N)c1)Cc1ccco1. The maximum atomic E-state index is 5.77. The Hall–Kier alpha value is -1.74. The Kier molecular flexibility index (Phi) is 3.83. The molecule has 1 aromatic carbocycles. The number of hydrogen-bond acceptors (Lipinski definition) is 3. The third kappa shape index (κ3) is 3.36. The average Bonchev–Trinajstić information content (AvgIpc) is 2.81. The van der Waals surface area contributed by atoms with E-state index >= 15 is 0 Å². The highest BCUT2D eigenvalue weighted by atomic mass is 16.3. The Morgan fingerprint density at radius 2 is 2.06 bits per heavy atom. The van der Waals surface area contributed by atoms with Gasteiger partial charge >= 0.3 is 0 Å². The van der Waals surface area contributed by atoms with E-state index < -0.39 is 0 Å². The molecule has 2 N–H and O–H groups in total. The highest BCUT2D eigenvalue weighted by Crippen LogP contribution is 2.12. The second-order valence-electron chi connectivity index (χ2n) is 4.13. The molecule has 3 heteroatoms. The number of hydrogen-bond donors (Lipinski definition) is 1. The maximum Gasteiger partial charge on any atom is 0.117 e. The lowest BCUT2D eigenvalue weighted by Crippen LogP contribution is -2.22. The predicted molar refractivity (Wildman–Crippen MR) is 69.4 cm³/mol. The Bertz CT molecular complexity index is 451. The summed E-state index contributed by atoms with van der Waals surface area (Å²) in [6, 6.07) is 11.9. The standard InChI is InChI=1S/C14H18N2O/c1-2-16(11-14-7-4-8-17-14)10-12-5-3-6-13(15)9-12/h3-9H,2,10-11,15H2,1H3. The van der Waals surface area contributed by atoms with Gasteiger partial charge in [0.15, 0.2) is 0 Å². The van der Waals surface area contributed by atoms with Crippen molar-refractivity contribution in [3.63, 3.8) is 0 Å². The molecular weight excluding hydrogens is 212 g/mol. The summed E-state index contributed by atoms with van der Waals surface area (Å²) in [4.78, 5) is 2.31. The zero-order chi connectivity index (χ0) is 12.1.